The first kappa shape index (κ1) is 16.4. The Morgan fingerprint density at radius 1 is 1.04 bits per heavy atom. The van der Waals surface area contributed by atoms with Crippen LogP contribution in [0, 0.1) is 23.7 Å². The van der Waals surface area contributed by atoms with Gasteiger partial charge in [-0.3, -0.25) is 4.79 Å². The largest absolute Gasteiger partial charge is 0.350 e. The zero-order valence-corrected chi connectivity index (χ0v) is 15.5. The summed E-state index contributed by atoms with van der Waals surface area (Å²) >= 11 is 6.02. The maximum atomic E-state index is 13.2. The summed E-state index contributed by atoms with van der Waals surface area (Å²) < 4.78 is 0. The minimum absolute atomic E-state index is 0.0877. The lowest BCUT2D eigenvalue weighted by Gasteiger charge is -2.57. The molecule has 0 aliphatic heterocycles. The summed E-state index contributed by atoms with van der Waals surface area (Å²) in [5.74, 6) is 2.96. The summed E-state index contributed by atoms with van der Waals surface area (Å²) in [5, 5.41) is 4.27. The molecule has 0 unspecified atom stereocenters. The lowest BCUT2D eigenvalue weighted by Crippen LogP contribution is -2.60. The van der Waals surface area contributed by atoms with Crippen molar-refractivity contribution in [3.8, 4) is 0 Å². The van der Waals surface area contributed by atoms with Gasteiger partial charge in [0.1, 0.15) is 0 Å². The molecule has 1 atom stereocenters. The highest BCUT2D eigenvalue weighted by atomic mass is 35.5. The van der Waals surface area contributed by atoms with E-state index < -0.39 is 0 Å². The van der Waals surface area contributed by atoms with E-state index in [-0.39, 0.29) is 23.3 Å². The minimum atomic E-state index is -0.0877. The molecule has 24 heavy (non-hydrogen) atoms. The Hall–Kier alpha value is -1.02. The van der Waals surface area contributed by atoms with Crippen LogP contribution in [-0.2, 0) is 4.79 Å². The van der Waals surface area contributed by atoms with Crippen LogP contribution in [0.3, 0.4) is 0 Å². The van der Waals surface area contributed by atoms with Crippen molar-refractivity contribution >= 4 is 17.5 Å². The van der Waals surface area contributed by atoms with Crippen molar-refractivity contribution in [1.29, 1.82) is 0 Å². The Morgan fingerprint density at radius 3 is 2.00 bits per heavy atom. The Morgan fingerprint density at radius 2 is 1.54 bits per heavy atom. The van der Waals surface area contributed by atoms with Gasteiger partial charge in [0.25, 0.3) is 0 Å². The van der Waals surface area contributed by atoms with Gasteiger partial charge in [0.15, 0.2) is 0 Å². The zero-order valence-electron chi connectivity index (χ0n) is 14.7. The van der Waals surface area contributed by atoms with Gasteiger partial charge in [0.05, 0.1) is 5.92 Å². The highest BCUT2D eigenvalue weighted by molar-refractivity contribution is 6.30. The van der Waals surface area contributed by atoms with Gasteiger partial charge in [-0.15, -0.1) is 0 Å². The Kier molecular flexibility index (Phi) is 4.15. The van der Waals surface area contributed by atoms with Crippen molar-refractivity contribution in [3.05, 3.63) is 34.9 Å². The molecule has 4 aliphatic rings. The summed E-state index contributed by atoms with van der Waals surface area (Å²) in [6.07, 6.45) is 7.82. The van der Waals surface area contributed by atoms with Gasteiger partial charge >= 0.3 is 0 Å². The van der Waals surface area contributed by atoms with Crippen LogP contribution in [0.2, 0.25) is 5.02 Å². The molecule has 1 aromatic rings. The van der Waals surface area contributed by atoms with E-state index in [1.165, 1.54) is 38.5 Å². The number of hydrogen-bond acceptors (Lipinski definition) is 1. The second kappa shape index (κ2) is 6.05. The number of nitrogens with one attached hydrogen (secondary N) is 1. The van der Waals surface area contributed by atoms with E-state index in [1.54, 1.807) is 0 Å². The van der Waals surface area contributed by atoms with Gasteiger partial charge in [-0.25, -0.2) is 0 Å². The van der Waals surface area contributed by atoms with E-state index in [0.717, 1.165) is 28.3 Å². The van der Waals surface area contributed by atoms with E-state index in [0.29, 0.717) is 0 Å². The standard InChI is InChI=1S/C21H28ClNO/c1-13(2)19(17-3-5-18(22)6-4-17)20(24)23-21-10-14-7-15(11-21)9-16(8-14)12-21/h3-6,13-16,19H,7-12H2,1-2H3,(H,23,24)/t14?,15?,16?,19-,21?/m0/s1. The van der Waals surface area contributed by atoms with Crippen molar-refractivity contribution in [2.45, 2.75) is 63.8 Å². The van der Waals surface area contributed by atoms with Gasteiger partial charge in [0.2, 0.25) is 5.91 Å². The smallest absolute Gasteiger partial charge is 0.228 e. The van der Waals surface area contributed by atoms with E-state index >= 15 is 0 Å². The predicted octanol–water partition coefficient (Wildman–Crippen LogP) is 5.16. The van der Waals surface area contributed by atoms with Crippen LogP contribution in [0.15, 0.2) is 24.3 Å². The van der Waals surface area contributed by atoms with Gasteiger partial charge in [-0.1, -0.05) is 37.6 Å². The summed E-state index contributed by atoms with van der Waals surface area (Å²) in [7, 11) is 0. The minimum Gasteiger partial charge on any atom is -0.350 e. The van der Waals surface area contributed by atoms with Crippen LogP contribution in [0.4, 0.5) is 0 Å². The van der Waals surface area contributed by atoms with Crippen molar-refractivity contribution in [1.82, 2.24) is 5.32 Å². The van der Waals surface area contributed by atoms with Crippen LogP contribution in [0.1, 0.15) is 63.9 Å². The highest BCUT2D eigenvalue weighted by Crippen LogP contribution is 2.55. The Balaban J connectivity index is 1.54. The lowest BCUT2D eigenvalue weighted by molar-refractivity contribution is -0.129. The number of carbonyl (C=O) groups is 1. The fraction of sp³-hybridized carbons (Fsp3) is 0.667. The zero-order chi connectivity index (χ0) is 16.9. The average molecular weight is 346 g/mol. The first-order chi connectivity index (χ1) is 11.4. The number of hydrogen-bond donors (Lipinski definition) is 1. The fourth-order valence-corrected chi connectivity index (χ4v) is 6.24. The number of carbonyl (C=O) groups excluding carboxylic acids is 1. The number of rotatable bonds is 4. The second-order valence-electron chi connectivity index (χ2n) is 8.96. The molecule has 1 aromatic carbocycles. The van der Waals surface area contributed by atoms with Crippen LogP contribution < -0.4 is 5.32 Å². The molecule has 130 valence electrons. The third-order valence-electron chi connectivity index (χ3n) is 6.60. The molecule has 0 aromatic heterocycles. The number of amides is 1. The van der Waals surface area contributed by atoms with Gasteiger partial charge < -0.3 is 5.32 Å². The predicted molar refractivity (Wildman–Crippen MR) is 98.1 cm³/mol. The lowest BCUT2D eigenvalue weighted by atomic mass is 9.53. The summed E-state index contributed by atoms with van der Waals surface area (Å²) in [6, 6.07) is 7.80. The maximum absolute atomic E-state index is 13.2. The topological polar surface area (TPSA) is 29.1 Å². The third-order valence-corrected chi connectivity index (χ3v) is 6.86. The molecule has 1 N–H and O–H groups in total. The van der Waals surface area contributed by atoms with Gasteiger partial charge in [0, 0.05) is 10.6 Å². The van der Waals surface area contributed by atoms with Crippen molar-refractivity contribution in [3.63, 3.8) is 0 Å². The Bertz CT molecular complexity index is 586. The molecular weight excluding hydrogens is 318 g/mol. The third kappa shape index (κ3) is 2.98. The van der Waals surface area contributed by atoms with Crippen molar-refractivity contribution < 1.29 is 4.79 Å². The molecule has 4 saturated carbocycles. The molecule has 5 rings (SSSR count). The van der Waals surface area contributed by atoms with Crippen LogP contribution >= 0.6 is 11.6 Å². The summed E-state index contributed by atoms with van der Waals surface area (Å²) in [5.41, 5.74) is 1.17. The summed E-state index contributed by atoms with van der Waals surface area (Å²) in [4.78, 5) is 13.2. The Labute approximate surface area is 150 Å². The quantitative estimate of drug-likeness (QED) is 0.801. The molecule has 4 fully saturated rings. The molecule has 0 heterocycles. The first-order valence-corrected chi connectivity index (χ1v) is 9.89. The maximum Gasteiger partial charge on any atom is 0.228 e. The molecule has 0 spiro atoms. The van der Waals surface area contributed by atoms with Crippen molar-refractivity contribution in [2.24, 2.45) is 23.7 Å². The molecule has 0 saturated heterocycles. The van der Waals surface area contributed by atoms with E-state index in [4.69, 9.17) is 11.6 Å². The van der Waals surface area contributed by atoms with Crippen LogP contribution in [-0.4, -0.2) is 11.4 Å². The number of benzene rings is 1. The summed E-state index contributed by atoms with van der Waals surface area (Å²) in [6.45, 7) is 4.27. The molecule has 4 aliphatic carbocycles. The van der Waals surface area contributed by atoms with E-state index in [2.05, 4.69) is 19.2 Å². The normalized spacial score (nSPS) is 35.2. The number of halogens is 1. The highest BCUT2D eigenvalue weighted by Gasteiger charge is 2.52. The first-order valence-electron chi connectivity index (χ1n) is 9.51. The van der Waals surface area contributed by atoms with Crippen LogP contribution in [0.25, 0.3) is 0 Å². The molecule has 4 bridgehead atoms. The molecule has 3 heteroatoms. The molecule has 2 nitrogen and oxygen atoms in total. The van der Waals surface area contributed by atoms with E-state index in [9.17, 15) is 4.79 Å². The van der Waals surface area contributed by atoms with Crippen molar-refractivity contribution in [2.75, 3.05) is 0 Å². The van der Waals surface area contributed by atoms with Gasteiger partial charge in [-0.05, 0) is 79.9 Å². The van der Waals surface area contributed by atoms with E-state index in [1.807, 2.05) is 24.3 Å². The second-order valence-corrected chi connectivity index (χ2v) is 9.40. The fourth-order valence-electron chi connectivity index (χ4n) is 6.11. The molecule has 1 amide bonds. The van der Waals surface area contributed by atoms with Crippen LogP contribution in [0.5, 0.6) is 0 Å². The molecular formula is C21H28ClNO. The SMILES string of the molecule is CC(C)[C@H](C(=O)NC12CC3CC(CC(C3)C1)C2)c1ccc(Cl)cc1. The average Bonchev–Trinajstić information content (AvgIpc) is 2.47. The monoisotopic (exact) mass is 345 g/mol. The molecule has 0 radical (unpaired) electrons. The van der Waals surface area contributed by atoms with Gasteiger partial charge in [-0.2, -0.15) is 0 Å².